The second kappa shape index (κ2) is 7.28. The van der Waals surface area contributed by atoms with Crippen molar-refractivity contribution in [3.63, 3.8) is 0 Å². The summed E-state index contributed by atoms with van der Waals surface area (Å²) >= 11 is 0. The predicted octanol–water partition coefficient (Wildman–Crippen LogP) is 1.92. The van der Waals surface area contributed by atoms with Crippen LogP contribution in [0.4, 0.5) is 5.95 Å². The number of aromatic nitrogens is 3. The number of hydrogen-bond donors (Lipinski definition) is 2. The summed E-state index contributed by atoms with van der Waals surface area (Å²) in [6, 6.07) is 7.88. The summed E-state index contributed by atoms with van der Waals surface area (Å²) in [6.45, 7) is 4.58. The summed E-state index contributed by atoms with van der Waals surface area (Å²) in [5.41, 5.74) is 1.11. The molecule has 7 nitrogen and oxygen atoms in total. The number of ether oxygens (including phenoxy) is 2. The molecule has 0 aliphatic heterocycles. The average molecular weight is 290 g/mol. The van der Waals surface area contributed by atoms with Crippen LogP contribution in [0, 0.1) is 6.92 Å². The first-order chi connectivity index (χ1) is 10.2. The molecule has 0 bridgehead atoms. The third kappa shape index (κ3) is 4.79. The van der Waals surface area contributed by atoms with Gasteiger partial charge in [-0.05, 0) is 31.5 Å². The normalized spacial score (nSPS) is 10.2. The molecule has 0 aliphatic rings. The van der Waals surface area contributed by atoms with E-state index in [4.69, 9.17) is 9.47 Å². The molecule has 2 aromatic rings. The number of anilines is 1. The zero-order valence-electron chi connectivity index (χ0n) is 12.0. The number of hydrogen-bond acceptors (Lipinski definition) is 5. The van der Waals surface area contributed by atoms with Gasteiger partial charge in [-0.15, -0.1) is 5.10 Å². The number of nitrogens with zero attached hydrogens (tertiary/aromatic N) is 2. The number of carbonyl (C=O) groups excluding carboxylic acids is 1. The molecule has 0 unspecified atom stereocenters. The lowest BCUT2D eigenvalue weighted by atomic mass is 10.2. The summed E-state index contributed by atoms with van der Waals surface area (Å²) in [5.74, 6) is 0.807. The molecule has 21 heavy (non-hydrogen) atoms. The van der Waals surface area contributed by atoms with E-state index in [-0.39, 0.29) is 24.3 Å². The molecule has 0 saturated carbocycles. The van der Waals surface area contributed by atoms with Crippen molar-refractivity contribution in [3.8, 4) is 11.8 Å². The maximum Gasteiger partial charge on any atom is 0.337 e. The maximum atomic E-state index is 11.7. The largest absolute Gasteiger partial charge is 0.493 e. The summed E-state index contributed by atoms with van der Waals surface area (Å²) < 4.78 is 10.6. The minimum Gasteiger partial charge on any atom is -0.493 e. The van der Waals surface area contributed by atoms with Crippen LogP contribution in [0.5, 0.6) is 11.8 Å². The third-order valence-corrected chi connectivity index (χ3v) is 2.58. The van der Waals surface area contributed by atoms with Gasteiger partial charge >= 0.3 is 6.01 Å². The Labute approximate surface area is 122 Å². The summed E-state index contributed by atoms with van der Waals surface area (Å²) in [6.07, 6.45) is 0.221. The van der Waals surface area contributed by atoms with Crippen molar-refractivity contribution in [3.05, 3.63) is 29.8 Å². The van der Waals surface area contributed by atoms with Crippen LogP contribution in [0.3, 0.4) is 0 Å². The van der Waals surface area contributed by atoms with E-state index in [1.165, 1.54) is 0 Å². The van der Waals surface area contributed by atoms with Crippen LogP contribution < -0.4 is 14.8 Å². The number of rotatable bonds is 7. The maximum absolute atomic E-state index is 11.7. The van der Waals surface area contributed by atoms with Crippen LogP contribution in [0.2, 0.25) is 0 Å². The Morgan fingerprint density at radius 2 is 2.24 bits per heavy atom. The first-order valence-corrected chi connectivity index (χ1v) is 6.72. The molecule has 0 fully saturated rings. The van der Waals surface area contributed by atoms with E-state index in [9.17, 15) is 4.79 Å². The molecule has 112 valence electrons. The average Bonchev–Trinajstić information content (AvgIpc) is 2.86. The SMILES string of the molecule is CCOc1n[nH]c(NC(=O)CCOc2cccc(C)c2)n1. The van der Waals surface area contributed by atoms with Crippen molar-refractivity contribution in [2.45, 2.75) is 20.3 Å². The van der Waals surface area contributed by atoms with Crippen LogP contribution in [0.25, 0.3) is 0 Å². The Hall–Kier alpha value is -2.57. The van der Waals surface area contributed by atoms with Gasteiger partial charge in [0.25, 0.3) is 0 Å². The molecular formula is C14H18N4O3. The molecule has 2 N–H and O–H groups in total. The van der Waals surface area contributed by atoms with E-state index in [0.29, 0.717) is 13.2 Å². The minimum absolute atomic E-state index is 0.207. The zero-order valence-corrected chi connectivity index (χ0v) is 12.0. The monoisotopic (exact) mass is 290 g/mol. The first kappa shape index (κ1) is 14.8. The molecule has 0 spiro atoms. The topological polar surface area (TPSA) is 89.1 Å². The predicted molar refractivity (Wildman–Crippen MR) is 77.5 cm³/mol. The van der Waals surface area contributed by atoms with Gasteiger partial charge in [0.05, 0.1) is 19.6 Å². The number of nitrogens with one attached hydrogen (secondary N) is 2. The number of aromatic amines is 1. The fourth-order valence-corrected chi connectivity index (χ4v) is 1.66. The van der Waals surface area contributed by atoms with Gasteiger partial charge in [-0.3, -0.25) is 10.1 Å². The highest BCUT2D eigenvalue weighted by Gasteiger charge is 2.08. The summed E-state index contributed by atoms with van der Waals surface area (Å²) in [5, 5.41) is 8.96. The summed E-state index contributed by atoms with van der Waals surface area (Å²) in [7, 11) is 0. The smallest absolute Gasteiger partial charge is 0.337 e. The van der Waals surface area contributed by atoms with Gasteiger partial charge in [-0.1, -0.05) is 12.1 Å². The number of benzene rings is 1. The zero-order chi connectivity index (χ0) is 15.1. The highest BCUT2D eigenvalue weighted by atomic mass is 16.5. The molecule has 0 saturated heterocycles. The van der Waals surface area contributed by atoms with Crippen molar-refractivity contribution >= 4 is 11.9 Å². The molecule has 0 atom stereocenters. The van der Waals surface area contributed by atoms with Crippen molar-refractivity contribution in [1.82, 2.24) is 15.2 Å². The lowest BCUT2D eigenvalue weighted by Crippen LogP contribution is -2.16. The van der Waals surface area contributed by atoms with Crippen molar-refractivity contribution < 1.29 is 14.3 Å². The lowest BCUT2D eigenvalue weighted by Gasteiger charge is -2.06. The van der Waals surface area contributed by atoms with Crippen molar-refractivity contribution in [2.75, 3.05) is 18.5 Å². The fourth-order valence-electron chi connectivity index (χ4n) is 1.66. The molecule has 0 radical (unpaired) electrons. The lowest BCUT2D eigenvalue weighted by molar-refractivity contribution is -0.116. The van der Waals surface area contributed by atoms with Gasteiger partial charge in [0.2, 0.25) is 11.9 Å². The van der Waals surface area contributed by atoms with E-state index in [1.807, 2.05) is 38.1 Å². The third-order valence-electron chi connectivity index (χ3n) is 2.58. The number of H-pyrrole nitrogens is 1. The van der Waals surface area contributed by atoms with E-state index < -0.39 is 0 Å². The Morgan fingerprint density at radius 1 is 1.38 bits per heavy atom. The van der Waals surface area contributed by atoms with Crippen molar-refractivity contribution in [1.29, 1.82) is 0 Å². The molecule has 7 heteroatoms. The second-order valence-electron chi connectivity index (χ2n) is 4.36. The fraction of sp³-hybridized carbons (Fsp3) is 0.357. The molecule has 0 aliphatic carbocycles. The molecule has 1 heterocycles. The quantitative estimate of drug-likeness (QED) is 0.813. The Morgan fingerprint density at radius 3 is 3.00 bits per heavy atom. The van der Waals surface area contributed by atoms with Crippen LogP contribution in [0.1, 0.15) is 18.9 Å². The van der Waals surface area contributed by atoms with Gasteiger partial charge < -0.3 is 9.47 Å². The van der Waals surface area contributed by atoms with E-state index in [0.717, 1.165) is 11.3 Å². The minimum atomic E-state index is -0.207. The Bertz CT molecular complexity index is 597. The van der Waals surface area contributed by atoms with E-state index in [2.05, 4.69) is 20.5 Å². The van der Waals surface area contributed by atoms with Crippen LogP contribution >= 0.6 is 0 Å². The molecule has 1 aromatic carbocycles. The second-order valence-corrected chi connectivity index (χ2v) is 4.36. The van der Waals surface area contributed by atoms with Crippen LogP contribution in [0.15, 0.2) is 24.3 Å². The van der Waals surface area contributed by atoms with Crippen molar-refractivity contribution in [2.24, 2.45) is 0 Å². The van der Waals surface area contributed by atoms with Gasteiger partial charge in [-0.25, -0.2) is 5.10 Å². The molecule has 2 rings (SSSR count). The van der Waals surface area contributed by atoms with Gasteiger partial charge in [0.15, 0.2) is 0 Å². The Balaban J connectivity index is 1.74. The van der Waals surface area contributed by atoms with Gasteiger partial charge in [0.1, 0.15) is 5.75 Å². The van der Waals surface area contributed by atoms with E-state index >= 15 is 0 Å². The first-order valence-electron chi connectivity index (χ1n) is 6.72. The summed E-state index contributed by atoms with van der Waals surface area (Å²) in [4.78, 5) is 15.7. The van der Waals surface area contributed by atoms with Crippen LogP contribution in [-0.2, 0) is 4.79 Å². The van der Waals surface area contributed by atoms with Crippen LogP contribution in [-0.4, -0.2) is 34.3 Å². The van der Waals surface area contributed by atoms with Gasteiger partial charge in [0, 0.05) is 0 Å². The van der Waals surface area contributed by atoms with E-state index in [1.54, 1.807) is 0 Å². The molecule has 1 aromatic heterocycles. The Kier molecular flexibility index (Phi) is 5.14. The van der Waals surface area contributed by atoms with Gasteiger partial charge in [-0.2, -0.15) is 4.98 Å². The molecular weight excluding hydrogens is 272 g/mol. The molecule has 1 amide bonds. The highest BCUT2D eigenvalue weighted by molar-refractivity contribution is 5.88. The standard InChI is InChI=1S/C14H18N4O3/c1-3-20-14-16-13(17-18-14)15-12(19)7-8-21-11-6-4-5-10(2)9-11/h4-6,9H,3,7-8H2,1-2H3,(H2,15,16,17,18,19). The number of amides is 1. The highest BCUT2D eigenvalue weighted by Crippen LogP contribution is 2.12. The number of carbonyl (C=O) groups is 1. The number of aryl methyl sites for hydroxylation is 1.